The first-order valence-electron chi connectivity index (χ1n) is 4.72. The van der Waals surface area contributed by atoms with Crippen molar-refractivity contribution < 1.29 is 5.11 Å². The molecule has 1 N–H and O–H groups in total. The monoisotopic (exact) mass is 156 g/mol. The molecule has 0 heterocycles. The van der Waals surface area contributed by atoms with E-state index in [4.69, 9.17) is 0 Å². The molecule has 11 heavy (non-hydrogen) atoms. The smallest absolute Gasteiger partial charge is 0.0622 e. The van der Waals surface area contributed by atoms with Crippen LogP contribution in [-0.4, -0.2) is 10.7 Å². The Balaban J connectivity index is 2.31. The van der Waals surface area contributed by atoms with Crippen LogP contribution in [0.5, 0.6) is 0 Å². The third-order valence-corrected chi connectivity index (χ3v) is 2.62. The molecular formula is C10H20O. The standard InChI is InChI=1S/C10H20O/c1-8(2)6-9-4-5-10(3,11)7-9/h8-9,11H,4-7H2,1-3H3. The van der Waals surface area contributed by atoms with Gasteiger partial charge in [0.25, 0.3) is 0 Å². The number of hydrogen-bond donors (Lipinski definition) is 1. The Morgan fingerprint density at radius 3 is 2.55 bits per heavy atom. The lowest BCUT2D eigenvalue weighted by atomic mass is 9.94. The second-order valence-corrected chi connectivity index (χ2v) is 4.74. The van der Waals surface area contributed by atoms with Crippen LogP contribution in [0, 0.1) is 11.8 Å². The van der Waals surface area contributed by atoms with Crippen LogP contribution in [0.4, 0.5) is 0 Å². The van der Waals surface area contributed by atoms with Crippen LogP contribution in [0.2, 0.25) is 0 Å². The summed E-state index contributed by atoms with van der Waals surface area (Å²) in [4.78, 5) is 0. The normalized spacial score (nSPS) is 38.5. The van der Waals surface area contributed by atoms with Gasteiger partial charge >= 0.3 is 0 Å². The van der Waals surface area contributed by atoms with Gasteiger partial charge in [-0.05, 0) is 44.4 Å². The summed E-state index contributed by atoms with van der Waals surface area (Å²) in [5, 5.41) is 9.68. The van der Waals surface area contributed by atoms with Gasteiger partial charge in [0.2, 0.25) is 0 Å². The molecule has 0 aromatic heterocycles. The van der Waals surface area contributed by atoms with Crippen LogP contribution < -0.4 is 0 Å². The minimum atomic E-state index is -0.348. The van der Waals surface area contributed by atoms with Crippen molar-refractivity contribution in [2.75, 3.05) is 0 Å². The summed E-state index contributed by atoms with van der Waals surface area (Å²) in [6, 6.07) is 0. The third kappa shape index (κ3) is 2.82. The van der Waals surface area contributed by atoms with Gasteiger partial charge in [-0.3, -0.25) is 0 Å². The molecule has 0 amide bonds. The first-order valence-corrected chi connectivity index (χ1v) is 4.72. The fourth-order valence-electron chi connectivity index (χ4n) is 2.21. The Bertz CT molecular complexity index is 127. The first-order chi connectivity index (χ1) is 4.99. The Morgan fingerprint density at radius 2 is 2.18 bits per heavy atom. The van der Waals surface area contributed by atoms with Crippen LogP contribution in [0.3, 0.4) is 0 Å². The lowest BCUT2D eigenvalue weighted by molar-refractivity contribution is 0.0625. The highest BCUT2D eigenvalue weighted by atomic mass is 16.3. The van der Waals surface area contributed by atoms with Crippen molar-refractivity contribution in [1.82, 2.24) is 0 Å². The van der Waals surface area contributed by atoms with Crippen molar-refractivity contribution in [3.8, 4) is 0 Å². The molecule has 1 aliphatic rings. The van der Waals surface area contributed by atoms with Gasteiger partial charge in [0.05, 0.1) is 5.60 Å². The van der Waals surface area contributed by atoms with Crippen molar-refractivity contribution in [1.29, 1.82) is 0 Å². The Morgan fingerprint density at radius 1 is 1.55 bits per heavy atom. The maximum absolute atomic E-state index is 9.68. The molecule has 1 rings (SSSR count). The van der Waals surface area contributed by atoms with Gasteiger partial charge < -0.3 is 5.11 Å². The molecular weight excluding hydrogens is 136 g/mol. The molecule has 1 fully saturated rings. The summed E-state index contributed by atoms with van der Waals surface area (Å²) < 4.78 is 0. The van der Waals surface area contributed by atoms with Gasteiger partial charge in [0.1, 0.15) is 0 Å². The zero-order valence-electron chi connectivity index (χ0n) is 7.93. The van der Waals surface area contributed by atoms with Gasteiger partial charge in [-0.2, -0.15) is 0 Å². The minimum absolute atomic E-state index is 0.348. The SMILES string of the molecule is CC(C)CC1CCC(C)(O)C1. The van der Waals surface area contributed by atoms with Crippen LogP contribution >= 0.6 is 0 Å². The molecule has 1 saturated carbocycles. The summed E-state index contributed by atoms with van der Waals surface area (Å²) in [6.45, 7) is 6.48. The summed E-state index contributed by atoms with van der Waals surface area (Å²) >= 11 is 0. The maximum atomic E-state index is 9.68. The molecule has 0 saturated heterocycles. The summed E-state index contributed by atoms with van der Waals surface area (Å²) in [7, 11) is 0. The van der Waals surface area contributed by atoms with Gasteiger partial charge in [-0.15, -0.1) is 0 Å². The van der Waals surface area contributed by atoms with Crippen molar-refractivity contribution in [3.63, 3.8) is 0 Å². The van der Waals surface area contributed by atoms with Gasteiger partial charge in [-0.25, -0.2) is 0 Å². The first kappa shape index (κ1) is 9.05. The predicted octanol–water partition coefficient (Wildman–Crippen LogP) is 2.58. The van der Waals surface area contributed by atoms with E-state index in [9.17, 15) is 5.11 Å². The van der Waals surface area contributed by atoms with E-state index >= 15 is 0 Å². The fraction of sp³-hybridized carbons (Fsp3) is 1.00. The lowest BCUT2D eigenvalue weighted by Crippen LogP contribution is -2.18. The zero-order valence-corrected chi connectivity index (χ0v) is 7.93. The van der Waals surface area contributed by atoms with Crippen molar-refractivity contribution in [3.05, 3.63) is 0 Å². The van der Waals surface area contributed by atoms with E-state index in [1.165, 1.54) is 12.8 Å². The predicted molar refractivity (Wildman–Crippen MR) is 47.4 cm³/mol. The summed E-state index contributed by atoms with van der Waals surface area (Å²) in [6.07, 6.45) is 4.54. The Labute approximate surface area is 69.8 Å². The van der Waals surface area contributed by atoms with Crippen LogP contribution in [0.1, 0.15) is 46.5 Å². The average molecular weight is 156 g/mol. The highest BCUT2D eigenvalue weighted by Crippen LogP contribution is 2.37. The largest absolute Gasteiger partial charge is 0.390 e. The van der Waals surface area contributed by atoms with Crippen molar-refractivity contribution in [2.45, 2.75) is 52.1 Å². The van der Waals surface area contributed by atoms with E-state index in [1.54, 1.807) is 0 Å². The summed E-state index contributed by atoms with van der Waals surface area (Å²) in [5.41, 5.74) is -0.348. The van der Waals surface area contributed by atoms with Gasteiger partial charge in [0.15, 0.2) is 0 Å². The van der Waals surface area contributed by atoms with E-state index in [-0.39, 0.29) is 5.60 Å². The molecule has 2 unspecified atom stereocenters. The van der Waals surface area contributed by atoms with E-state index in [2.05, 4.69) is 13.8 Å². The van der Waals surface area contributed by atoms with Gasteiger partial charge in [0, 0.05) is 0 Å². The maximum Gasteiger partial charge on any atom is 0.0622 e. The molecule has 0 bridgehead atoms. The zero-order chi connectivity index (χ0) is 8.48. The second-order valence-electron chi connectivity index (χ2n) is 4.74. The fourth-order valence-corrected chi connectivity index (χ4v) is 2.21. The summed E-state index contributed by atoms with van der Waals surface area (Å²) in [5.74, 6) is 1.57. The van der Waals surface area contributed by atoms with Crippen LogP contribution in [0.25, 0.3) is 0 Å². The number of aliphatic hydroxyl groups is 1. The van der Waals surface area contributed by atoms with E-state index in [0.29, 0.717) is 0 Å². The quantitative estimate of drug-likeness (QED) is 0.651. The minimum Gasteiger partial charge on any atom is -0.390 e. The van der Waals surface area contributed by atoms with E-state index < -0.39 is 0 Å². The molecule has 0 radical (unpaired) electrons. The second kappa shape index (κ2) is 3.14. The molecule has 66 valence electrons. The van der Waals surface area contributed by atoms with Gasteiger partial charge in [-0.1, -0.05) is 13.8 Å². The van der Waals surface area contributed by atoms with E-state index in [0.717, 1.165) is 24.7 Å². The lowest BCUT2D eigenvalue weighted by Gasteiger charge is -2.16. The molecule has 0 aromatic carbocycles. The van der Waals surface area contributed by atoms with Crippen molar-refractivity contribution in [2.24, 2.45) is 11.8 Å². The third-order valence-electron chi connectivity index (χ3n) is 2.62. The average Bonchev–Trinajstić information content (AvgIpc) is 2.08. The van der Waals surface area contributed by atoms with Crippen molar-refractivity contribution >= 4 is 0 Å². The molecule has 1 nitrogen and oxygen atoms in total. The molecule has 0 aromatic rings. The number of hydrogen-bond acceptors (Lipinski definition) is 1. The number of rotatable bonds is 2. The molecule has 1 heteroatoms. The highest BCUT2D eigenvalue weighted by molar-refractivity contribution is 4.85. The molecule has 1 aliphatic carbocycles. The van der Waals surface area contributed by atoms with Crippen LogP contribution in [0.15, 0.2) is 0 Å². The van der Waals surface area contributed by atoms with Crippen LogP contribution in [-0.2, 0) is 0 Å². The molecule has 0 aliphatic heterocycles. The topological polar surface area (TPSA) is 20.2 Å². The highest BCUT2D eigenvalue weighted by Gasteiger charge is 2.32. The van der Waals surface area contributed by atoms with E-state index in [1.807, 2.05) is 6.92 Å². The Hall–Kier alpha value is -0.0400. The Kier molecular flexibility index (Phi) is 2.58. The molecule has 2 atom stereocenters. The molecule has 0 spiro atoms.